The molecule has 2 amide bonds. The maximum Gasteiger partial charge on any atom is 0.252 e. The molecule has 44 heavy (non-hydrogen) atoms. The summed E-state index contributed by atoms with van der Waals surface area (Å²) in [6.07, 6.45) is 4.39. The van der Waals surface area contributed by atoms with Gasteiger partial charge in [-0.2, -0.15) is 0 Å². The van der Waals surface area contributed by atoms with Gasteiger partial charge in [0.15, 0.2) is 5.96 Å². The number of rotatable bonds is 13. The summed E-state index contributed by atoms with van der Waals surface area (Å²) in [4.78, 5) is 38.8. The second-order valence-corrected chi connectivity index (χ2v) is 10.7. The van der Waals surface area contributed by atoms with Gasteiger partial charge < -0.3 is 32.4 Å². The third-order valence-corrected chi connectivity index (χ3v) is 7.64. The first-order chi connectivity index (χ1) is 21.4. The third kappa shape index (κ3) is 7.40. The number of nitrogens with two attached hydrogens (primary N) is 2. The molecule has 2 atom stereocenters. The van der Waals surface area contributed by atoms with E-state index in [1.807, 2.05) is 85.8 Å². The van der Waals surface area contributed by atoms with Gasteiger partial charge in [-0.25, -0.2) is 4.98 Å². The molecule has 4 aromatic carbocycles. The van der Waals surface area contributed by atoms with Crippen LogP contribution in [0.4, 0.5) is 0 Å². The molecule has 0 bridgehead atoms. The molecule has 5 rings (SSSR count). The fraction of sp³-hybridized carbons (Fsp3) is 0.235. The predicted octanol–water partition coefficient (Wildman–Crippen LogP) is 4.04. The molecule has 0 spiro atoms. The Morgan fingerprint density at radius 1 is 0.886 bits per heavy atom. The molecule has 5 aromatic rings. The highest BCUT2D eigenvalue weighted by atomic mass is 16.2. The van der Waals surface area contributed by atoms with Crippen LogP contribution in [0.3, 0.4) is 0 Å². The molecule has 8 N–H and O–H groups in total. The van der Waals surface area contributed by atoms with E-state index in [1.165, 1.54) is 0 Å². The number of aromatic nitrogens is 2. The molecule has 226 valence electrons. The van der Waals surface area contributed by atoms with E-state index in [2.05, 4.69) is 30.9 Å². The van der Waals surface area contributed by atoms with Crippen molar-refractivity contribution in [2.24, 2.45) is 16.5 Å². The zero-order chi connectivity index (χ0) is 30.9. The van der Waals surface area contributed by atoms with E-state index >= 15 is 0 Å². The fourth-order valence-corrected chi connectivity index (χ4v) is 5.45. The van der Waals surface area contributed by atoms with Crippen molar-refractivity contribution in [3.05, 3.63) is 114 Å². The molecule has 0 aliphatic heterocycles. The van der Waals surface area contributed by atoms with Gasteiger partial charge in [-0.1, -0.05) is 72.8 Å². The zero-order valence-corrected chi connectivity index (χ0v) is 24.7. The highest BCUT2D eigenvalue weighted by Gasteiger charge is 2.24. The molecule has 0 aliphatic rings. The van der Waals surface area contributed by atoms with Crippen molar-refractivity contribution in [2.45, 2.75) is 44.9 Å². The van der Waals surface area contributed by atoms with Crippen LogP contribution in [0.1, 0.15) is 53.1 Å². The number of guanidine groups is 1. The van der Waals surface area contributed by atoms with Crippen molar-refractivity contribution >= 4 is 39.3 Å². The molecule has 0 saturated carbocycles. The van der Waals surface area contributed by atoms with Crippen LogP contribution in [0.15, 0.2) is 96.2 Å². The summed E-state index contributed by atoms with van der Waals surface area (Å²) in [6.45, 7) is 3.50. The van der Waals surface area contributed by atoms with Crippen LogP contribution < -0.4 is 27.4 Å². The first-order valence-electron chi connectivity index (χ1n) is 14.7. The van der Waals surface area contributed by atoms with Crippen LogP contribution >= 0.6 is 0 Å². The van der Waals surface area contributed by atoms with Gasteiger partial charge in [0.1, 0.15) is 11.9 Å². The largest absolute Gasteiger partial charge is 0.370 e. The lowest BCUT2D eigenvalue weighted by Gasteiger charge is -2.23. The lowest BCUT2D eigenvalue weighted by atomic mass is 9.98. The van der Waals surface area contributed by atoms with Crippen molar-refractivity contribution in [1.82, 2.24) is 25.9 Å². The van der Waals surface area contributed by atoms with Gasteiger partial charge in [0.2, 0.25) is 5.91 Å². The molecular weight excluding hydrogens is 552 g/mol. The highest BCUT2D eigenvalue weighted by molar-refractivity contribution is 6.09. The van der Waals surface area contributed by atoms with E-state index in [0.29, 0.717) is 38.0 Å². The minimum Gasteiger partial charge on any atom is -0.370 e. The molecule has 1 aromatic heterocycles. The Labute approximate surface area is 256 Å². The Morgan fingerprint density at radius 2 is 1.64 bits per heavy atom. The average Bonchev–Trinajstić information content (AvgIpc) is 3.55. The van der Waals surface area contributed by atoms with E-state index in [1.54, 1.807) is 12.4 Å². The van der Waals surface area contributed by atoms with Gasteiger partial charge in [-0.15, -0.1) is 0 Å². The number of aromatic amines is 1. The number of hydrogen-bond acceptors (Lipinski definition) is 5. The quantitative estimate of drug-likeness (QED) is 0.0689. The maximum atomic E-state index is 13.7. The zero-order valence-electron chi connectivity index (χ0n) is 24.7. The first kappa shape index (κ1) is 30.2. The van der Waals surface area contributed by atoms with Gasteiger partial charge >= 0.3 is 0 Å². The van der Waals surface area contributed by atoms with Crippen molar-refractivity contribution in [3.63, 3.8) is 0 Å². The van der Waals surface area contributed by atoms with E-state index in [4.69, 9.17) is 11.5 Å². The van der Waals surface area contributed by atoms with Crippen LogP contribution in [0.25, 0.3) is 21.5 Å². The van der Waals surface area contributed by atoms with Crippen molar-refractivity contribution in [2.75, 3.05) is 6.54 Å². The van der Waals surface area contributed by atoms with Gasteiger partial charge in [-0.3, -0.25) is 14.6 Å². The molecule has 0 radical (unpaired) electrons. The topological polar surface area (TPSA) is 163 Å². The second-order valence-electron chi connectivity index (χ2n) is 10.7. The number of aliphatic imine (C=N–C) groups is 1. The lowest BCUT2D eigenvalue weighted by molar-refractivity contribution is -0.123. The number of benzene rings is 4. The van der Waals surface area contributed by atoms with E-state index < -0.39 is 6.04 Å². The van der Waals surface area contributed by atoms with Gasteiger partial charge in [0, 0.05) is 31.0 Å². The number of nitrogens with one attached hydrogen (secondary N) is 4. The Bertz CT molecular complexity index is 1760. The smallest absolute Gasteiger partial charge is 0.252 e. The average molecular weight is 591 g/mol. The Hall–Kier alpha value is -5.22. The van der Waals surface area contributed by atoms with E-state index in [-0.39, 0.29) is 23.8 Å². The van der Waals surface area contributed by atoms with Gasteiger partial charge in [0.05, 0.1) is 12.6 Å². The number of imidazole rings is 1. The molecule has 1 heterocycles. The van der Waals surface area contributed by atoms with Crippen LogP contribution in [-0.2, 0) is 17.9 Å². The van der Waals surface area contributed by atoms with Gasteiger partial charge in [0.25, 0.3) is 5.91 Å². The number of H-pyrrole nitrogens is 1. The summed E-state index contributed by atoms with van der Waals surface area (Å²) in [7, 11) is 0. The summed E-state index contributed by atoms with van der Waals surface area (Å²) in [6, 6.07) is 24.6. The predicted molar refractivity (Wildman–Crippen MR) is 175 cm³/mol. The molecular formula is C34H38N8O2. The number of nitrogens with zero attached hydrogens (tertiary/aromatic N) is 2. The molecule has 10 nitrogen and oxygen atoms in total. The fourth-order valence-electron chi connectivity index (χ4n) is 5.45. The first-order valence-corrected chi connectivity index (χ1v) is 14.7. The van der Waals surface area contributed by atoms with Crippen molar-refractivity contribution in [3.8, 4) is 0 Å². The number of amides is 2. The number of hydrogen-bond donors (Lipinski definition) is 6. The summed E-state index contributed by atoms with van der Waals surface area (Å²) in [5.41, 5.74) is 13.5. The molecule has 10 heteroatoms. The van der Waals surface area contributed by atoms with Crippen LogP contribution in [0.2, 0.25) is 0 Å². The summed E-state index contributed by atoms with van der Waals surface area (Å²) in [5, 5.41) is 13.5. The summed E-state index contributed by atoms with van der Waals surface area (Å²) < 4.78 is 0. The monoisotopic (exact) mass is 590 g/mol. The van der Waals surface area contributed by atoms with Gasteiger partial charge in [-0.05, 0) is 58.5 Å². The Balaban J connectivity index is 1.34. The van der Waals surface area contributed by atoms with E-state index in [9.17, 15) is 9.59 Å². The SMILES string of the molecule is C[C@@H](NC(=O)C(CCCN=C(N)N)NC(=O)c1ccc(CNCc2ncc[nH]2)c2ccccc12)c1cccc2ccccc12. The Kier molecular flexibility index (Phi) is 9.83. The number of carbonyl (C=O) groups is 2. The van der Waals surface area contributed by atoms with Crippen LogP contribution in [0.5, 0.6) is 0 Å². The van der Waals surface area contributed by atoms with Crippen molar-refractivity contribution < 1.29 is 9.59 Å². The van der Waals surface area contributed by atoms with Crippen molar-refractivity contribution in [1.29, 1.82) is 0 Å². The number of carbonyl (C=O) groups excluding carboxylic acids is 2. The Morgan fingerprint density at radius 3 is 2.41 bits per heavy atom. The molecule has 0 aliphatic carbocycles. The number of fused-ring (bicyclic) bond motifs is 2. The lowest BCUT2D eigenvalue weighted by Crippen LogP contribution is -2.47. The third-order valence-electron chi connectivity index (χ3n) is 7.64. The maximum absolute atomic E-state index is 13.7. The molecule has 0 fully saturated rings. The standard InChI is InChI=1S/C34H38N8O2/c1-22(25-13-6-9-23-8-2-3-10-26(23)25)41-33(44)30(14-7-17-40-34(35)36)42-32(43)29-16-15-24(27-11-4-5-12-28(27)29)20-37-21-31-38-18-19-39-31/h2-6,8-13,15-16,18-19,22,30,37H,7,14,17,20-21H2,1H3,(H,38,39)(H,41,44)(H,42,43)(H4,35,36,40)/t22-,30?/m1/s1. The van der Waals surface area contributed by atoms with E-state index in [0.717, 1.165) is 38.5 Å². The highest BCUT2D eigenvalue weighted by Crippen LogP contribution is 2.25. The van der Waals surface area contributed by atoms with Crippen LogP contribution in [0, 0.1) is 0 Å². The normalized spacial score (nSPS) is 12.5. The second kappa shape index (κ2) is 14.3. The van der Waals surface area contributed by atoms with Crippen LogP contribution in [-0.4, -0.2) is 40.3 Å². The minimum atomic E-state index is -0.789. The molecule has 1 unspecified atom stereocenters. The summed E-state index contributed by atoms with van der Waals surface area (Å²) >= 11 is 0. The minimum absolute atomic E-state index is 0.00942. The summed E-state index contributed by atoms with van der Waals surface area (Å²) in [5.74, 6) is 0.247. The molecule has 0 saturated heterocycles.